The normalized spacial score (nSPS) is 16.1. The van der Waals surface area contributed by atoms with Crippen molar-refractivity contribution in [3.8, 4) is 10.8 Å². The molecule has 1 saturated heterocycles. The number of amides is 5. The van der Waals surface area contributed by atoms with Gasteiger partial charge in [0, 0.05) is 77.9 Å². The van der Waals surface area contributed by atoms with E-state index in [-0.39, 0.29) is 130 Å². The largest absolute Gasteiger partial charge is 0.491 e. The highest BCUT2D eigenvalue weighted by molar-refractivity contribution is 7.15. The number of fused-ring (bicyclic) bond motifs is 4. The van der Waals surface area contributed by atoms with Gasteiger partial charge in [0.2, 0.25) is 17.7 Å². The Morgan fingerprint density at radius 3 is 2.20 bits per heavy atom. The third kappa shape index (κ3) is 13.6. The van der Waals surface area contributed by atoms with Gasteiger partial charge >= 0.3 is 0 Å². The number of aryl methyl sites for hydroxylation is 3. The van der Waals surface area contributed by atoms with Crippen molar-refractivity contribution < 1.29 is 47.0 Å². The Labute approximate surface area is 489 Å². The minimum absolute atomic E-state index is 0. The molecule has 9 rings (SSSR count). The number of aromatic nitrogens is 4. The highest BCUT2D eigenvalue weighted by Gasteiger charge is 2.38. The lowest BCUT2D eigenvalue weighted by Gasteiger charge is -2.39. The van der Waals surface area contributed by atoms with Gasteiger partial charge in [-0.15, -0.1) is 33.9 Å². The highest BCUT2D eigenvalue weighted by Crippen LogP contribution is 2.40. The Morgan fingerprint density at radius 2 is 1.50 bits per heavy atom. The molecule has 0 bridgehead atoms. The maximum Gasteiger partial charge on any atom is 0.271 e. The highest BCUT2D eigenvalue weighted by atomic mass is 35.5. The summed E-state index contributed by atoms with van der Waals surface area (Å²) in [6.07, 6.45) is 4.72. The van der Waals surface area contributed by atoms with E-state index < -0.39 is 41.6 Å². The van der Waals surface area contributed by atoms with Crippen molar-refractivity contribution in [1.82, 2.24) is 45.1 Å². The van der Waals surface area contributed by atoms with Gasteiger partial charge in [-0.25, -0.2) is 8.78 Å². The molecular weight excluding hydrogens is 1120 g/mol. The summed E-state index contributed by atoms with van der Waals surface area (Å²) in [7, 11) is 3.20. The number of piperazine rings is 1. The number of hydrogen-bond donors (Lipinski definition) is 4. The van der Waals surface area contributed by atoms with Crippen molar-refractivity contribution in [2.24, 2.45) is 18.0 Å². The van der Waals surface area contributed by atoms with Gasteiger partial charge < -0.3 is 49.8 Å². The molecule has 24 heteroatoms. The van der Waals surface area contributed by atoms with Gasteiger partial charge in [-0.2, -0.15) is 0 Å². The van der Waals surface area contributed by atoms with E-state index >= 15 is 0 Å². The Bertz CT molecular complexity index is 3320. The first-order valence-electron chi connectivity index (χ1n) is 27.4. The second-order valence-electron chi connectivity index (χ2n) is 20.6. The van der Waals surface area contributed by atoms with Crippen LogP contribution in [0.2, 0.25) is 5.02 Å². The number of carbonyl (C=O) groups excluding carboxylic acids is 5. The number of rotatable bonds is 21. The zero-order valence-electron chi connectivity index (χ0n) is 46.7. The van der Waals surface area contributed by atoms with Crippen molar-refractivity contribution >= 4 is 87.2 Å². The number of carbonyl (C=O) groups is 5. The van der Waals surface area contributed by atoms with Gasteiger partial charge in [0.1, 0.15) is 41.0 Å². The fraction of sp³-hybridized carbons (Fsp3) is 0.448. The fourth-order valence-corrected chi connectivity index (χ4v) is 12.0. The molecule has 0 radical (unpaired) electrons. The van der Waals surface area contributed by atoms with Crippen LogP contribution in [0.15, 0.2) is 65.7 Å². The first-order chi connectivity index (χ1) is 39.0. The molecule has 2 fully saturated rings. The quantitative estimate of drug-likeness (QED) is 0.0510. The summed E-state index contributed by atoms with van der Waals surface area (Å²) >= 11 is 7.90. The predicted molar refractivity (Wildman–Crippen MR) is 312 cm³/mol. The van der Waals surface area contributed by atoms with Crippen LogP contribution < -0.4 is 26.0 Å². The first-order valence-corrected chi connectivity index (χ1v) is 28.6. The van der Waals surface area contributed by atoms with Gasteiger partial charge in [-0.1, -0.05) is 43.0 Å². The molecule has 3 aliphatic rings. The van der Waals surface area contributed by atoms with Crippen LogP contribution in [-0.2, 0) is 30.9 Å². The Kier molecular flexibility index (Phi) is 20.5. The van der Waals surface area contributed by atoms with Crippen molar-refractivity contribution in [3.05, 3.63) is 122 Å². The fourth-order valence-electron chi connectivity index (χ4n) is 10.7. The van der Waals surface area contributed by atoms with Crippen molar-refractivity contribution in [2.45, 2.75) is 84.3 Å². The lowest BCUT2D eigenvalue weighted by atomic mass is 9.83. The van der Waals surface area contributed by atoms with Crippen LogP contribution in [0, 0.1) is 38.3 Å². The van der Waals surface area contributed by atoms with Crippen LogP contribution in [0.3, 0.4) is 0 Å². The molecule has 1 saturated carbocycles. The van der Waals surface area contributed by atoms with E-state index in [1.54, 1.807) is 54.5 Å². The number of ether oxygens (including phenoxy) is 3. The summed E-state index contributed by atoms with van der Waals surface area (Å²) in [4.78, 5) is 78.3. The van der Waals surface area contributed by atoms with E-state index in [0.717, 1.165) is 76.5 Å². The molecule has 6 aromatic rings. The van der Waals surface area contributed by atoms with Crippen LogP contribution in [0.25, 0.3) is 15.9 Å². The lowest BCUT2D eigenvalue weighted by Crippen LogP contribution is -2.59. The van der Waals surface area contributed by atoms with Gasteiger partial charge in [0.05, 0.1) is 55.7 Å². The number of thiophene rings is 1. The number of nitrogens with zero attached hydrogens (tertiary/aromatic N) is 7. The van der Waals surface area contributed by atoms with Crippen LogP contribution in [0.5, 0.6) is 5.75 Å². The van der Waals surface area contributed by atoms with E-state index in [0.29, 0.717) is 28.1 Å². The third-order valence-electron chi connectivity index (χ3n) is 15.3. The molecule has 19 nitrogen and oxygen atoms in total. The van der Waals surface area contributed by atoms with Crippen molar-refractivity contribution in [3.63, 3.8) is 0 Å². The Balaban J connectivity index is 0.00000880. The summed E-state index contributed by atoms with van der Waals surface area (Å²) in [5.41, 5.74) is 4.31. The molecule has 0 spiro atoms. The molecule has 2 aliphatic heterocycles. The molecule has 0 unspecified atom stereocenters. The SMILES string of the molecule is CN[C@@H](C)C(=O)N[C@H](C(=O)N1CCN(C(=O)c2c(C(=O)NCCOCCOCCOc3ccc(NC(=O)C[C@@H]4N=C(c5ccc(Cl)cc5)c5c(sc(C)c5C)-n5c(C)nnc54)cc3)c3cc(F)c(F)cc3n2C)CC1)C1CCCCC1.Cl. The molecule has 4 N–H and O–H groups in total. The summed E-state index contributed by atoms with van der Waals surface area (Å²) in [6.45, 7) is 9.51. The first kappa shape index (κ1) is 61.3. The Morgan fingerprint density at radius 1 is 0.841 bits per heavy atom. The van der Waals surface area contributed by atoms with Gasteiger partial charge in [-0.05, 0) is 102 Å². The van der Waals surface area contributed by atoms with Crippen LogP contribution in [-0.4, -0.2) is 149 Å². The van der Waals surface area contributed by atoms with Gasteiger partial charge in [0.15, 0.2) is 17.5 Å². The number of benzene rings is 3. The minimum atomic E-state index is -1.17. The molecule has 5 heterocycles. The summed E-state index contributed by atoms with van der Waals surface area (Å²) in [5, 5.41) is 22.2. The standard InChI is InChI=1S/C58H68ClF2N11O8S.ClH/c1-33-35(3)81-58-48(33)50(38-12-14-39(59)15-13-38)65-45(53-68-67-36(4)72(53)58)32-47(73)64-40-16-18-41(19-17-40)80-29-28-79-27-26-78-25-20-63-55(75)49-42-30-43(60)44(61)31-46(42)69(6)52(49)57(77)71-23-21-70(22-24-71)56(76)51(37-10-8-7-9-11-37)66-54(74)34(2)62-5;/h12-19,30-31,34,37,45,51,62H,7-11,20-29,32H2,1-6H3,(H,63,75)(H,64,73)(H,66,74);1H/t34-,45-,51-;/m0./s1. The molecular formula is C58H69Cl2F2N11O8S. The smallest absolute Gasteiger partial charge is 0.271 e. The van der Waals surface area contributed by atoms with E-state index in [1.807, 2.05) is 35.8 Å². The number of aliphatic imine (C=N–C) groups is 1. The molecule has 1 aliphatic carbocycles. The van der Waals surface area contributed by atoms with E-state index in [1.165, 1.54) is 16.5 Å². The molecule has 3 aromatic carbocycles. The van der Waals surface area contributed by atoms with Crippen LogP contribution in [0.4, 0.5) is 14.5 Å². The van der Waals surface area contributed by atoms with Crippen molar-refractivity contribution in [1.29, 1.82) is 0 Å². The molecule has 3 atom stereocenters. The molecule has 3 aromatic heterocycles. The number of anilines is 1. The number of halogens is 4. The molecule has 5 amide bonds. The van der Waals surface area contributed by atoms with Crippen LogP contribution >= 0.6 is 35.3 Å². The summed E-state index contributed by atoms with van der Waals surface area (Å²) in [5.74, 6) is -2.33. The minimum Gasteiger partial charge on any atom is -0.491 e. The van der Waals surface area contributed by atoms with Crippen LogP contribution in [0.1, 0.15) is 106 Å². The number of nitrogens with one attached hydrogen (secondary N) is 4. The second-order valence-corrected chi connectivity index (χ2v) is 22.2. The van der Waals surface area contributed by atoms with E-state index in [4.69, 9.17) is 30.8 Å². The topological polar surface area (TPSA) is 216 Å². The van der Waals surface area contributed by atoms with E-state index in [9.17, 15) is 32.8 Å². The van der Waals surface area contributed by atoms with E-state index in [2.05, 4.69) is 45.3 Å². The third-order valence-corrected chi connectivity index (χ3v) is 16.8. The maximum absolute atomic E-state index is 14.7. The zero-order chi connectivity index (χ0) is 57.5. The predicted octanol–water partition coefficient (Wildman–Crippen LogP) is 7.82. The van der Waals surface area contributed by atoms with Gasteiger partial charge in [-0.3, -0.25) is 33.5 Å². The zero-order valence-corrected chi connectivity index (χ0v) is 49.1. The lowest BCUT2D eigenvalue weighted by molar-refractivity contribution is -0.140. The van der Waals surface area contributed by atoms with Crippen molar-refractivity contribution in [2.75, 3.05) is 78.1 Å². The molecule has 82 heavy (non-hydrogen) atoms. The summed E-state index contributed by atoms with van der Waals surface area (Å²) in [6, 6.07) is 14.6. The van der Waals surface area contributed by atoms with Gasteiger partial charge in [0.25, 0.3) is 11.8 Å². The average Bonchev–Trinajstić information content (AvgIpc) is 4.30. The monoisotopic (exact) mass is 1190 g/mol. The second kappa shape index (κ2) is 27.5. The maximum atomic E-state index is 14.7. The number of likely N-dealkylation sites (N-methyl/N-ethyl adjacent to an activating group) is 1. The number of hydrogen-bond acceptors (Lipinski definition) is 13. The average molecular weight is 1190 g/mol. The Hall–Kier alpha value is -6.82. The molecule has 438 valence electrons. The summed E-state index contributed by atoms with van der Waals surface area (Å²) < 4.78 is 50.0.